The van der Waals surface area contributed by atoms with Crippen LogP contribution in [0.15, 0.2) is 18.2 Å². The third-order valence-electron chi connectivity index (χ3n) is 2.37. The van der Waals surface area contributed by atoms with Gasteiger partial charge in [0.05, 0.1) is 10.7 Å². The molecule has 18 heavy (non-hydrogen) atoms. The Kier molecular flexibility index (Phi) is 3.59. The quantitative estimate of drug-likeness (QED) is 0.881. The maximum Gasteiger partial charge on any atom is 0.136 e. The van der Waals surface area contributed by atoms with Gasteiger partial charge in [-0.1, -0.05) is 23.2 Å². The second-order valence-electron chi connectivity index (χ2n) is 3.93. The largest absolute Gasteiger partial charge is 0.384 e. The standard InChI is InChI=1S/C12H12Cl2N4/c1-6-3-9(14)10(4-8(6)13)18-12-5-11(15)16-7(2)17-12/h3-5H,1-2H3,(H3,15,16,17,18). The number of nitrogens with two attached hydrogens (primary N) is 1. The van der Waals surface area contributed by atoms with Gasteiger partial charge in [0.2, 0.25) is 0 Å². The highest BCUT2D eigenvalue weighted by atomic mass is 35.5. The lowest BCUT2D eigenvalue weighted by Gasteiger charge is -2.10. The summed E-state index contributed by atoms with van der Waals surface area (Å²) in [5.74, 6) is 1.58. The van der Waals surface area contributed by atoms with Crippen LogP contribution >= 0.6 is 23.2 Å². The number of nitrogen functional groups attached to an aromatic ring is 1. The van der Waals surface area contributed by atoms with E-state index >= 15 is 0 Å². The van der Waals surface area contributed by atoms with Crippen LogP contribution < -0.4 is 11.1 Å². The van der Waals surface area contributed by atoms with Gasteiger partial charge in [-0.2, -0.15) is 0 Å². The third-order valence-corrected chi connectivity index (χ3v) is 3.09. The number of benzene rings is 1. The van der Waals surface area contributed by atoms with Crippen LogP contribution in [0.3, 0.4) is 0 Å². The van der Waals surface area contributed by atoms with E-state index in [1.807, 2.05) is 6.92 Å². The highest BCUT2D eigenvalue weighted by Gasteiger charge is 2.06. The number of hydrogen-bond acceptors (Lipinski definition) is 4. The minimum Gasteiger partial charge on any atom is -0.384 e. The molecule has 0 radical (unpaired) electrons. The first-order chi connectivity index (χ1) is 8.45. The highest BCUT2D eigenvalue weighted by Crippen LogP contribution is 2.30. The molecule has 3 N–H and O–H groups in total. The zero-order valence-electron chi connectivity index (χ0n) is 9.96. The second kappa shape index (κ2) is 5.00. The molecule has 0 atom stereocenters. The van der Waals surface area contributed by atoms with Crippen LogP contribution in [0.1, 0.15) is 11.4 Å². The third kappa shape index (κ3) is 2.83. The summed E-state index contributed by atoms with van der Waals surface area (Å²) in [4.78, 5) is 8.22. The molecule has 0 saturated carbocycles. The van der Waals surface area contributed by atoms with Crippen molar-refractivity contribution in [3.05, 3.63) is 39.6 Å². The lowest BCUT2D eigenvalue weighted by molar-refractivity contribution is 1.06. The molecule has 2 rings (SSSR count). The second-order valence-corrected chi connectivity index (χ2v) is 4.75. The lowest BCUT2D eigenvalue weighted by atomic mass is 10.2. The Bertz CT molecular complexity index is 579. The number of hydrogen-bond donors (Lipinski definition) is 2. The summed E-state index contributed by atoms with van der Waals surface area (Å²) in [7, 11) is 0. The fourth-order valence-corrected chi connectivity index (χ4v) is 1.96. The molecular weight excluding hydrogens is 271 g/mol. The van der Waals surface area contributed by atoms with Gasteiger partial charge in [-0.25, -0.2) is 9.97 Å². The van der Waals surface area contributed by atoms with E-state index in [0.29, 0.717) is 33.2 Å². The molecule has 0 spiro atoms. The fourth-order valence-electron chi connectivity index (χ4n) is 1.53. The van der Waals surface area contributed by atoms with Crippen LogP contribution in [0, 0.1) is 13.8 Å². The fraction of sp³-hybridized carbons (Fsp3) is 0.167. The lowest BCUT2D eigenvalue weighted by Crippen LogP contribution is -2.01. The minimum absolute atomic E-state index is 0.402. The van der Waals surface area contributed by atoms with Crippen molar-refractivity contribution in [3.63, 3.8) is 0 Å². The van der Waals surface area contributed by atoms with Gasteiger partial charge in [0, 0.05) is 11.1 Å². The number of rotatable bonds is 2. The van der Waals surface area contributed by atoms with E-state index in [1.165, 1.54) is 0 Å². The number of nitrogens with zero attached hydrogens (tertiary/aromatic N) is 2. The van der Waals surface area contributed by atoms with Crippen LogP contribution in [-0.4, -0.2) is 9.97 Å². The van der Waals surface area contributed by atoms with Crippen LogP contribution in [0.2, 0.25) is 10.0 Å². The molecule has 1 aromatic heterocycles. The summed E-state index contributed by atoms with van der Waals surface area (Å²) in [5.41, 5.74) is 7.26. The average molecular weight is 283 g/mol. The summed E-state index contributed by atoms with van der Waals surface area (Å²) in [5, 5.41) is 4.29. The van der Waals surface area contributed by atoms with Crippen molar-refractivity contribution < 1.29 is 0 Å². The summed E-state index contributed by atoms with van der Waals surface area (Å²) < 4.78 is 0. The predicted molar refractivity (Wildman–Crippen MR) is 75.7 cm³/mol. The molecule has 94 valence electrons. The van der Waals surface area contributed by atoms with Gasteiger partial charge >= 0.3 is 0 Å². The van der Waals surface area contributed by atoms with Crippen LogP contribution in [0.5, 0.6) is 0 Å². The Morgan fingerprint density at radius 1 is 1.06 bits per heavy atom. The zero-order valence-corrected chi connectivity index (χ0v) is 11.5. The molecule has 0 aliphatic rings. The maximum atomic E-state index is 6.14. The first kappa shape index (κ1) is 12.9. The molecule has 0 aliphatic carbocycles. The Morgan fingerprint density at radius 3 is 2.44 bits per heavy atom. The summed E-state index contributed by atoms with van der Waals surface area (Å²) in [6, 6.07) is 5.19. The van der Waals surface area contributed by atoms with Crippen LogP contribution in [0.4, 0.5) is 17.3 Å². The molecule has 0 fully saturated rings. The van der Waals surface area contributed by atoms with Crippen LogP contribution in [0.25, 0.3) is 0 Å². The minimum atomic E-state index is 0.402. The Morgan fingerprint density at radius 2 is 1.78 bits per heavy atom. The van der Waals surface area contributed by atoms with Crippen molar-refractivity contribution in [3.8, 4) is 0 Å². The number of aryl methyl sites for hydroxylation is 2. The van der Waals surface area contributed by atoms with Crippen molar-refractivity contribution in [1.29, 1.82) is 0 Å². The maximum absolute atomic E-state index is 6.14. The molecule has 1 aromatic carbocycles. The topological polar surface area (TPSA) is 63.8 Å². The molecule has 0 saturated heterocycles. The first-order valence-electron chi connectivity index (χ1n) is 5.29. The molecule has 0 aliphatic heterocycles. The Labute approximate surface area is 115 Å². The van der Waals surface area contributed by atoms with E-state index in [4.69, 9.17) is 28.9 Å². The summed E-state index contributed by atoms with van der Waals surface area (Å²) >= 11 is 12.2. The molecular formula is C12H12Cl2N4. The van der Waals surface area contributed by atoms with E-state index in [1.54, 1.807) is 25.1 Å². The van der Waals surface area contributed by atoms with Gasteiger partial charge in [0.1, 0.15) is 17.5 Å². The van der Waals surface area contributed by atoms with Crippen molar-refractivity contribution in [2.45, 2.75) is 13.8 Å². The van der Waals surface area contributed by atoms with Gasteiger partial charge < -0.3 is 11.1 Å². The monoisotopic (exact) mass is 282 g/mol. The van der Waals surface area contributed by atoms with Crippen molar-refractivity contribution in [2.75, 3.05) is 11.1 Å². The average Bonchev–Trinajstić information content (AvgIpc) is 2.24. The van der Waals surface area contributed by atoms with E-state index in [-0.39, 0.29) is 0 Å². The summed E-state index contributed by atoms with van der Waals surface area (Å²) in [6.45, 7) is 3.66. The van der Waals surface area contributed by atoms with E-state index in [0.717, 1.165) is 5.56 Å². The van der Waals surface area contributed by atoms with Crippen molar-refractivity contribution in [2.24, 2.45) is 0 Å². The van der Waals surface area contributed by atoms with Gasteiger partial charge in [-0.05, 0) is 31.5 Å². The molecule has 1 heterocycles. The number of nitrogens with one attached hydrogen (secondary N) is 1. The van der Waals surface area contributed by atoms with E-state index in [2.05, 4.69) is 15.3 Å². The normalized spacial score (nSPS) is 10.4. The smallest absolute Gasteiger partial charge is 0.136 e. The van der Waals surface area contributed by atoms with E-state index < -0.39 is 0 Å². The van der Waals surface area contributed by atoms with Gasteiger partial charge in [0.15, 0.2) is 0 Å². The highest BCUT2D eigenvalue weighted by molar-refractivity contribution is 6.35. The van der Waals surface area contributed by atoms with Crippen molar-refractivity contribution in [1.82, 2.24) is 9.97 Å². The molecule has 2 aromatic rings. The number of anilines is 3. The molecule has 0 bridgehead atoms. The SMILES string of the molecule is Cc1nc(N)cc(Nc2cc(Cl)c(C)cc2Cl)n1. The van der Waals surface area contributed by atoms with Gasteiger partial charge in [0.25, 0.3) is 0 Å². The Hall–Kier alpha value is -1.52. The van der Waals surface area contributed by atoms with Crippen molar-refractivity contribution >= 4 is 40.5 Å². The molecule has 4 nitrogen and oxygen atoms in total. The number of halogens is 2. The van der Waals surface area contributed by atoms with Gasteiger partial charge in [-0.3, -0.25) is 0 Å². The van der Waals surface area contributed by atoms with E-state index in [9.17, 15) is 0 Å². The first-order valence-corrected chi connectivity index (χ1v) is 6.05. The predicted octanol–water partition coefficient (Wildman–Crippen LogP) is 3.73. The molecule has 6 heteroatoms. The Balaban J connectivity index is 2.36. The molecule has 0 unspecified atom stereocenters. The zero-order chi connectivity index (χ0) is 13.3. The molecule has 0 amide bonds. The van der Waals surface area contributed by atoms with Gasteiger partial charge in [-0.15, -0.1) is 0 Å². The number of aromatic nitrogens is 2. The summed E-state index contributed by atoms with van der Waals surface area (Å²) in [6.07, 6.45) is 0. The van der Waals surface area contributed by atoms with Crippen LogP contribution in [-0.2, 0) is 0 Å².